The Hall–Kier alpha value is -3.00. The number of aromatic nitrogens is 1. The molecular formula is C23H32N6O2. The molecule has 4 rings (SSSR count). The summed E-state index contributed by atoms with van der Waals surface area (Å²) in [5, 5.41) is 6.72. The van der Waals surface area contributed by atoms with Gasteiger partial charge in [0.2, 0.25) is 6.79 Å². The maximum atomic E-state index is 5.45. The van der Waals surface area contributed by atoms with E-state index in [9.17, 15) is 0 Å². The topological polar surface area (TPSA) is 74.3 Å². The largest absolute Gasteiger partial charge is 0.454 e. The van der Waals surface area contributed by atoms with E-state index in [2.05, 4.69) is 57.6 Å². The summed E-state index contributed by atoms with van der Waals surface area (Å²) in [5.41, 5.74) is 2.31. The molecular weight excluding hydrogens is 392 g/mol. The van der Waals surface area contributed by atoms with Crippen LogP contribution < -0.4 is 25.0 Å². The first kappa shape index (κ1) is 21.2. The minimum atomic E-state index is 0.305. The van der Waals surface area contributed by atoms with Gasteiger partial charge in [0.25, 0.3) is 0 Å². The number of rotatable bonds is 7. The molecule has 2 aliphatic heterocycles. The van der Waals surface area contributed by atoms with E-state index in [1.807, 2.05) is 18.3 Å². The lowest BCUT2D eigenvalue weighted by Crippen LogP contribution is -2.44. The summed E-state index contributed by atoms with van der Waals surface area (Å²) in [6.45, 7) is 8.78. The molecule has 3 heterocycles. The Balaban J connectivity index is 1.28. The van der Waals surface area contributed by atoms with Crippen LogP contribution in [0.2, 0.25) is 0 Å². The molecule has 0 saturated carbocycles. The molecule has 0 bridgehead atoms. The lowest BCUT2D eigenvalue weighted by molar-refractivity contribution is 0.174. The van der Waals surface area contributed by atoms with Crippen LogP contribution in [-0.4, -0.2) is 69.0 Å². The van der Waals surface area contributed by atoms with Crippen LogP contribution in [0.15, 0.2) is 41.5 Å². The Kier molecular flexibility index (Phi) is 7.09. The van der Waals surface area contributed by atoms with E-state index < -0.39 is 0 Å². The van der Waals surface area contributed by atoms with E-state index in [4.69, 9.17) is 14.5 Å². The van der Waals surface area contributed by atoms with Crippen molar-refractivity contribution < 1.29 is 9.47 Å². The van der Waals surface area contributed by atoms with Crippen molar-refractivity contribution in [1.29, 1.82) is 0 Å². The van der Waals surface area contributed by atoms with Crippen LogP contribution in [-0.2, 0) is 13.0 Å². The molecule has 2 aliphatic rings. The molecule has 0 spiro atoms. The number of hydrogen-bond acceptors (Lipinski definition) is 6. The molecule has 1 aromatic heterocycles. The van der Waals surface area contributed by atoms with E-state index in [-0.39, 0.29) is 0 Å². The Bertz CT molecular complexity index is 878. The third kappa shape index (κ3) is 5.79. The fourth-order valence-electron chi connectivity index (χ4n) is 3.67. The second-order valence-electron chi connectivity index (χ2n) is 7.87. The van der Waals surface area contributed by atoms with Crippen molar-refractivity contribution in [2.24, 2.45) is 4.99 Å². The molecule has 1 saturated heterocycles. The molecule has 2 N–H and O–H groups in total. The minimum absolute atomic E-state index is 0.305. The van der Waals surface area contributed by atoms with Crippen molar-refractivity contribution in [3.63, 3.8) is 0 Å². The van der Waals surface area contributed by atoms with Gasteiger partial charge in [-0.25, -0.2) is 9.98 Å². The highest BCUT2D eigenvalue weighted by Crippen LogP contribution is 2.32. The highest BCUT2D eigenvalue weighted by Gasteiger charge is 2.15. The summed E-state index contributed by atoms with van der Waals surface area (Å²) in [4.78, 5) is 14.1. The van der Waals surface area contributed by atoms with Gasteiger partial charge in [-0.1, -0.05) is 12.1 Å². The van der Waals surface area contributed by atoms with Gasteiger partial charge >= 0.3 is 0 Å². The molecule has 1 aromatic carbocycles. The number of benzene rings is 1. The summed E-state index contributed by atoms with van der Waals surface area (Å²) < 4.78 is 10.8. The van der Waals surface area contributed by atoms with Gasteiger partial charge in [-0.15, -0.1) is 0 Å². The molecule has 166 valence electrons. The first-order chi connectivity index (χ1) is 15.2. The summed E-state index contributed by atoms with van der Waals surface area (Å²) in [6.07, 6.45) is 2.82. The van der Waals surface area contributed by atoms with E-state index in [0.29, 0.717) is 13.3 Å². The van der Waals surface area contributed by atoms with E-state index >= 15 is 0 Å². The second kappa shape index (κ2) is 10.3. The van der Waals surface area contributed by atoms with Crippen LogP contribution in [0.4, 0.5) is 5.82 Å². The van der Waals surface area contributed by atoms with Crippen molar-refractivity contribution in [3.05, 3.63) is 47.7 Å². The fourth-order valence-corrected chi connectivity index (χ4v) is 3.67. The van der Waals surface area contributed by atoms with Crippen molar-refractivity contribution in [2.75, 3.05) is 58.0 Å². The molecule has 0 unspecified atom stereocenters. The number of likely N-dealkylation sites (N-methyl/N-ethyl adjacent to an activating group) is 1. The minimum Gasteiger partial charge on any atom is -0.454 e. The Morgan fingerprint density at radius 2 is 1.84 bits per heavy atom. The van der Waals surface area contributed by atoms with Gasteiger partial charge in [0.15, 0.2) is 17.5 Å². The summed E-state index contributed by atoms with van der Waals surface area (Å²) in [5.74, 6) is 3.51. The molecule has 1 fully saturated rings. The third-order valence-corrected chi connectivity index (χ3v) is 5.54. The normalized spacial score (nSPS) is 16.5. The first-order valence-corrected chi connectivity index (χ1v) is 11.0. The fraction of sp³-hybridized carbons (Fsp3) is 0.478. The lowest BCUT2D eigenvalue weighted by atomic mass is 10.1. The molecule has 0 atom stereocenters. The average molecular weight is 425 g/mol. The van der Waals surface area contributed by atoms with Crippen LogP contribution >= 0.6 is 0 Å². The first-order valence-electron chi connectivity index (χ1n) is 11.0. The predicted molar refractivity (Wildman–Crippen MR) is 123 cm³/mol. The number of guanidine groups is 1. The van der Waals surface area contributed by atoms with Gasteiger partial charge < -0.3 is 29.9 Å². The number of aliphatic imine (C=N–C) groups is 1. The number of ether oxygens (including phenoxy) is 2. The third-order valence-electron chi connectivity index (χ3n) is 5.54. The number of hydrogen-bond donors (Lipinski definition) is 2. The highest BCUT2D eigenvalue weighted by molar-refractivity contribution is 5.79. The second-order valence-corrected chi connectivity index (χ2v) is 7.87. The van der Waals surface area contributed by atoms with Crippen LogP contribution in [0.5, 0.6) is 11.5 Å². The van der Waals surface area contributed by atoms with Gasteiger partial charge in [-0.3, -0.25) is 0 Å². The smallest absolute Gasteiger partial charge is 0.231 e. The molecule has 2 aromatic rings. The Morgan fingerprint density at radius 1 is 1.03 bits per heavy atom. The van der Waals surface area contributed by atoms with Crippen molar-refractivity contribution >= 4 is 11.8 Å². The summed E-state index contributed by atoms with van der Waals surface area (Å²) >= 11 is 0. The SMILES string of the molecule is CCNC(=NCc1ccc(N2CCN(C)CC2)nc1)NCCc1ccc2c(c1)OCO2. The maximum Gasteiger partial charge on any atom is 0.231 e. The number of pyridine rings is 1. The molecule has 0 aliphatic carbocycles. The van der Waals surface area contributed by atoms with E-state index in [1.54, 1.807) is 0 Å². The quantitative estimate of drug-likeness (QED) is 0.519. The average Bonchev–Trinajstić information content (AvgIpc) is 3.26. The number of anilines is 1. The van der Waals surface area contributed by atoms with Gasteiger partial charge in [0.05, 0.1) is 6.54 Å². The van der Waals surface area contributed by atoms with Crippen molar-refractivity contribution in [2.45, 2.75) is 19.9 Å². The number of fused-ring (bicyclic) bond motifs is 1. The number of nitrogens with zero attached hydrogens (tertiary/aromatic N) is 4. The Morgan fingerprint density at radius 3 is 2.61 bits per heavy atom. The lowest BCUT2D eigenvalue weighted by Gasteiger charge is -2.33. The molecule has 31 heavy (non-hydrogen) atoms. The van der Waals surface area contributed by atoms with Crippen molar-refractivity contribution in [1.82, 2.24) is 20.5 Å². The number of piperazine rings is 1. The van der Waals surface area contributed by atoms with E-state index in [1.165, 1.54) is 5.56 Å². The maximum absolute atomic E-state index is 5.45. The van der Waals surface area contributed by atoms with Crippen molar-refractivity contribution in [3.8, 4) is 11.5 Å². The highest BCUT2D eigenvalue weighted by atomic mass is 16.7. The van der Waals surface area contributed by atoms with Gasteiger partial charge in [-0.05, 0) is 49.7 Å². The molecule has 8 heteroatoms. The monoisotopic (exact) mass is 424 g/mol. The molecule has 0 radical (unpaired) electrons. The zero-order chi connectivity index (χ0) is 21.5. The molecule has 0 amide bonds. The standard InChI is InChI=1S/C23H32N6O2/c1-3-24-23(25-9-8-18-4-6-20-21(14-18)31-17-30-20)27-16-19-5-7-22(26-15-19)29-12-10-28(2)11-13-29/h4-7,14-15H,3,8-13,16-17H2,1-2H3,(H2,24,25,27). The van der Waals surface area contributed by atoms with Gasteiger partial charge in [0, 0.05) is 45.5 Å². The van der Waals surface area contributed by atoms with Gasteiger partial charge in [-0.2, -0.15) is 0 Å². The number of nitrogens with one attached hydrogen (secondary N) is 2. The zero-order valence-electron chi connectivity index (χ0n) is 18.4. The van der Waals surface area contributed by atoms with E-state index in [0.717, 1.165) is 74.5 Å². The Labute approximate surface area is 184 Å². The summed E-state index contributed by atoms with van der Waals surface area (Å²) in [7, 11) is 2.16. The molecule has 8 nitrogen and oxygen atoms in total. The summed E-state index contributed by atoms with van der Waals surface area (Å²) in [6, 6.07) is 10.3. The van der Waals surface area contributed by atoms with Crippen LogP contribution in [0.25, 0.3) is 0 Å². The van der Waals surface area contributed by atoms with Crippen LogP contribution in [0.1, 0.15) is 18.1 Å². The predicted octanol–water partition coefficient (Wildman–Crippen LogP) is 1.86. The van der Waals surface area contributed by atoms with Crippen LogP contribution in [0, 0.1) is 0 Å². The van der Waals surface area contributed by atoms with Crippen LogP contribution in [0.3, 0.4) is 0 Å². The zero-order valence-corrected chi connectivity index (χ0v) is 18.4. The van der Waals surface area contributed by atoms with Gasteiger partial charge in [0.1, 0.15) is 5.82 Å².